The van der Waals surface area contributed by atoms with Crippen LogP contribution in [0.4, 0.5) is 0 Å². The van der Waals surface area contributed by atoms with Gasteiger partial charge in [-0.1, -0.05) is 18.2 Å². The minimum Gasteiger partial charge on any atom is -0.489 e. The largest absolute Gasteiger partial charge is 0.489 e. The molecule has 0 spiro atoms. The van der Waals surface area contributed by atoms with E-state index >= 15 is 0 Å². The Labute approximate surface area is 165 Å². The van der Waals surface area contributed by atoms with Gasteiger partial charge >= 0.3 is 5.97 Å². The van der Waals surface area contributed by atoms with Gasteiger partial charge in [-0.3, -0.25) is 4.79 Å². The lowest BCUT2D eigenvalue weighted by Gasteiger charge is -2.08. The molecule has 0 fully saturated rings. The number of ether oxygens (including phenoxy) is 3. The standard InChI is InChI=1S/C22H16O5S/c1-25-22(24)15-6-4-14(5-7-15)13-26-16-8-9-18-19(11-16)27-20(21(18)23)12-17-3-2-10-28-17/h2-12H,13H2,1H3/b20-12-. The zero-order chi connectivity index (χ0) is 19.5. The quantitative estimate of drug-likeness (QED) is 0.464. The fraction of sp³-hybridized carbons (Fsp3) is 0.0909. The molecule has 140 valence electrons. The van der Waals surface area contributed by atoms with Crippen molar-refractivity contribution in [2.45, 2.75) is 6.61 Å². The lowest BCUT2D eigenvalue weighted by atomic mass is 10.1. The number of hydrogen-bond acceptors (Lipinski definition) is 6. The van der Waals surface area contributed by atoms with E-state index in [2.05, 4.69) is 4.74 Å². The van der Waals surface area contributed by atoms with Crippen LogP contribution >= 0.6 is 11.3 Å². The smallest absolute Gasteiger partial charge is 0.337 e. The lowest BCUT2D eigenvalue weighted by Crippen LogP contribution is -2.02. The van der Waals surface area contributed by atoms with Crippen LogP contribution in [-0.4, -0.2) is 18.9 Å². The Bertz CT molecular complexity index is 1050. The van der Waals surface area contributed by atoms with E-state index < -0.39 is 0 Å². The van der Waals surface area contributed by atoms with Crippen LogP contribution in [0.15, 0.2) is 65.7 Å². The van der Waals surface area contributed by atoms with Crippen molar-refractivity contribution >= 4 is 29.2 Å². The van der Waals surface area contributed by atoms with Gasteiger partial charge in [0.25, 0.3) is 0 Å². The molecule has 1 aliphatic rings. The maximum atomic E-state index is 12.5. The summed E-state index contributed by atoms with van der Waals surface area (Å²) in [5, 5.41) is 1.95. The summed E-state index contributed by atoms with van der Waals surface area (Å²) in [6.45, 7) is 0.325. The molecule has 0 unspecified atom stereocenters. The number of carbonyl (C=O) groups is 2. The average molecular weight is 392 g/mol. The number of methoxy groups -OCH3 is 1. The normalized spacial score (nSPS) is 13.9. The van der Waals surface area contributed by atoms with Gasteiger partial charge in [0, 0.05) is 17.0 Å². The van der Waals surface area contributed by atoms with Crippen LogP contribution in [0.5, 0.6) is 11.5 Å². The second-order valence-electron chi connectivity index (χ2n) is 6.09. The first kappa shape index (κ1) is 18.0. The van der Waals surface area contributed by atoms with E-state index in [0.29, 0.717) is 35.0 Å². The molecule has 0 aliphatic carbocycles. The maximum absolute atomic E-state index is 12.5. The molecule has 0 atom stereocenters. The second-order valence-corrected chi connectivity index (χ2v) is 7.07. The molecule has 6 heteroatoms. The maximum Gasteiger partial charge on any atom is 0.337 e. The molecule has 0 saturated heterocycles. The van der Waals surface area contributed by atoms with E-state index in [1.54, 1.807) is 47.7 Å². The number of allylic oxidation sites excluding steroid dienone is 1. The summed E-state index contributed by atoms with van der Waals surface area (Å²) in [5.41, 5.74) is 1.92. The number of benzene rings is 2. The highest BCUT2D eigenvalue weighted by atomic mass is 32.1. The van der Waals surface area contributed by atoms with Gasteiger partial charge in [-0.2, -0.15) is 0 Å². The minimum absolute atomic E-state index is 0.131. The van der Waals surface area contributed by atoms with Crippen molar-refractivity contribution in [2.75, 3.05) is 7.11 Å². The Morgan fingerprint density at radius 1 is 1.14 bits per heavy atom. The zero-order valence-electron chi connectivity index (χ0n) is 15.0. The molecule has 0 amide bonds. The van der Waals surface area contributed by atoms with E-state index in [1.165, 1.54) is 7.11 Å². The first-order valence-corrected chi connectivity index (χ1v) is 9.44. The van der Waals surface area contributed by atoms with Gasteiger partial charge in [0.1, 0.15) is 18.1 Å². The van der Waals surface area contributed by atoms with Crippen LogP contribution in [0.3, 0.4) is 0 Å². The summed E-state index contributed by atoms with van der Waals surface area (Å²) in [4.78, 5) is 24.9. The van der Waals surface area contributed by atoms with Crippen molar-refractivity contribution in [1.82, 2.24) is 0 Å². The molecule has 28 heavy (non-hydrogen) atoms. The lowest BCUT2D eigenvalue weighted by molar-refractivity contribution is 0.0600. The van der Waals surface area contributed by atoms with E-state index in [1.807, 2.05) is 29.6 Å². The molecule has 3 aromatic rings. The van der Waals surface area contributed by atoms with Crippen LogP contribution in [0.1, 0.15) is 31.2 Å². The van der Waals surface area contributed by atoms with Crippen molar-refractivity contribution < 1.29 is 23.8 Å². The molecule has 0 saturated carbocycles. The van der Waals surface area contributed by atoms with E-state index in [4.69, 9.17) is 9.47 Å². The Hall–Kier alpha value is -3.38. The van der Waals surface area contributed by atoms with Crippen LogP contribution in [-0.2, 0) is 11.3 Å². The highest BCUT2D eigenvalue weighted by Crippen LogP contribution is 2.35. The van der Waals surface area contributed by atoms with E-state index in [9.17, 15) is 9.59 Å². The first-order chi connectivity index (χ1) is 13.6. The highest BCUT2D eigenvalue weighted by Gasteiger charge is 2.27. The van der Waals surface area contributed by atoms with Gasteiger partial charge in [-0.25, -0.2) is 4.79 Å². The van der Waals surface area contributed by atoms with Crippen molar-refractivity contribution in [3.63, 3.8) is 0 Å². The topological polar surface area (TPSA) is 61.8 Å². The van der Waals surface area contributed by atoms with Crippen LogP contribution in [0, 0.1) is 0 Å². The third-order valence-corrected chi connectivity index (χ3v) is 5.06. The summed E-state index contributed by atoms with van der Waals surface area (Å²) in [5.74, 6) is 0.896. The Morgan fingerprint density at radius 2 is 1.96 bits per heavy atom. The van der Waals surface area contributed by atoms with Gasteiger partial charge < -0.3 is 14.2 Å². The molecule has 2 heterocycles. The molecule has 1 aromatic heterocycles. The third-order valence-electron chi connectivity index (χ3n) is 4.24. The van der Waals surface area contributed by atoms with Crippen molar-refractivity contribution in [3.8, 4) is 11.5 Å². The average Bonchev–Trinajstić information content (AvgIpc) is 3.34. The van der Waals surface area contributed by atoms with Gasteiger partial charge in [0.05, 0.1) is 18.2 Å². The molecular formula is C22H16O5S. The summed E-state index contributed by atoms with van der Waals surface area (Å²) in [6, 6.07) is 16.0. The van der Waals surface area contributed by atoms with Gasteiger partial charge in [0.2, 0.25) is 5.78 Å². The molecule has 5 nitrogen and oxygen atoms in total. The van der Waals surface area contributed by atoms with Crippen LogP contribution in [0.2, 0.25) is 0 Å². The van der Waals surface area contributed by atoms with Gasteiger partial charge in [-0.15, -0.1) is 11.3 Å². The van der Waals surface area contributed by atoms with Crippen molar-refractivity contribution in [1.29, 1.82) is 0 Å². The predicted octanol–water partition coefficient (Wildman–Crippen LogP) is 4.73. The molecular weight excluding hydrogens is 376 g/mol. The number of carbonyl (C=O) groups excluding carboxylic acids is 2. The van der Waals surface area contributed by atoms with Crippen LogP contribution < -0.4 is 9.47 Å². The molecule has 0 bridgehead atoms. The Morgan fingerprint density at radius 3 is 2.68 bits per heavy atom. The summed E-state index contributed by atoms with van der Waals surface area (Å²) >= 11 is 1.54. The second kappa shape index (κ2) is 7.70. The Balaban J connectivity index is 1.45. The SMILES string of the molecule is COC(=O)c1ccc(COc2ccc3c(c2)O/C(=C\c2cccs2)C3=O)cc1. The number of hydrogen-bond donors (Lipinski definition) is 0. The van der Waals surface area contributed by atoms with Crippen molar-refractivity contribution in [2.24, 2.45) is 0 Å². The number of Topliss-reactive ketones (excluding diaryl/α,β-unsaturated/α-hetero) is 1. The van der Waals surface area contributed by atoms with Gasteiger partial charge in [0.15, 0.2) is 5.76 Å². The highest BCUT2D eigenvalue weighted by molar-refractivity contribution is 7.10. The molecule has 4 rings (SSSR count). The number of rotatable bonds is 5. The van der Waals surface area contributed by atoms with Gasteiger partial charge in [-0.05, 0) is 41.3 Å². The summed E-state index contributed by atoms with van der Waals surface area (Å²) in [6.07, 6.45) is 1.75. The number of ketones is 1. The molecule has 0 N–H and O–H groups in total. The first-order valence-electron chi connectivity index (χ1n) is 8.56. The van der Waals surface area contributed by atoms with E-state index in [0.717, 1.165) is 10.4 Å². The Kier molecular flexibility index (Phi) is 4.95. The molecule has 2 aromatic carbocycles. The minimum atomic E-state index is -0.376. The summed E-state index contributed by atoms with van der Waals surface area (Å²) < 4.78 is 16.2. The molecule has 1 aliphatic heterocycles. The molecule has 0 radical (unpaired) electrons. The van der Waals surface area contributed by atoms with Crippen LogP contribution in [0.25, 0.3) is 6.08 Å². The number of thiophene rings is 1. The zero-order valence-corrected chi connectivity index (χ0v) is 15.8. The number of esters is 1. The predicted molar refractivity (Wildman–Crippen MR) is 106 cm³/mol. The van der Waals surface area contributed by atoms with E-state index in [-0.39, 0.29) is 11.8 Å². The fourth-order valence-electron chi connectivity index (χ4n) is 2.78. The summed E-state index contributed by atoms with van der Waals surface area (Å²) in [7, 11) is 1.35. The number of fused-ring (bicyclic) bond motifs is 1. The fourth-order valence-corrected chi connectivity index (χ4v) is 3.43. The third kappa shape index (κ3) is 3.68. The monoisotopic (exact) mass is 392 g/mol. The van der Waals surface area contributed by atoms with Crippen molar-refractivity contribution in [3.05, 3.63) is 87.3 Å².